The van der Waals surface area contributed by atoms with Gasteiger partial charge in [0.25, 0.3) is 0 Å². The highest BCUT2D eigenvalue weighted by Gasteiger charge is 2.34. The number of aromatic hydroxyl groups is 1. The number of phenols is 1. The minimum atomic E-state index is -0.337. The largest absolute Gasteiger partial charge is 0.508 e. The zero-order valence-electron chi connectivity index (χ0n) is 28.4. The molecule has 0 radical (unpaired) electrons. The van der Waals surface area contributed by atoms with Crippen molar-refractivity contribution >= 4 is 23.3 Å². The molecule has 3 saturated heterocycles. The number of nitrogens with one attached hydrogen (secondary N) is 1. The average molecular weight is 672 g/mol. The van der Waals surface area contributed by atoms with Crippen LogP contribution in [-0.2, 0) is 11.3 Å². The first-order valence-corrected chi connectivity index (χ1v) is 18.0. The van der Waals surface area contributed by atoms with Crippen molar-refractivity contribution in [1.29, 1.82) is 0 Å². The molecular formula is C41H45N5O4. The van der Waals surface area contributed by atoms with Gasteiger partial charge < -0.3 is 14.7 Å². The molecule has 4 aromatic rings. The monoisotopic (exact) mass is 671 g/mol. The van der Waals surface area contributed by atoms with Crippen molar-refractivity contribution in [2.24, 2.45) is 0 Å². The molecule has 0 bridgehead atoms. The standard InChI is InChI=1S/C41H45N5O4/c47-35-13-14-36-38(26-35)50-28-37(30-6-2-1-3-7-30)40(36)31-9-11-32(12-10-31)44-18-15-33(16-19-44)45-23-21-43(22-24-45)27-29-5-4-8-34(25-29)46-20-17-39(48)42-41(46)49/h1-14,25-26,33,37,40,47H,15-24,27-28H2,(H,42,48,49). The Kier molecular flexibility index (Phi) is 9.17. The first-order valence-electron chi connectivity index (χ1n) is 18.0. The summed E-state index contributed by atoms with van der Waals surface area (Å²) in [5, 5.41) is 12.5. The number of urea groups is 1. The molecule has 9 heteroatoms. The highest BCUT2D eigenvalue weighted by atomic mass is 16.5. The van der Waals surface area contributed by atoms with Crippen LogP contribution in [0.1, 0.15) is 53.4 Å². The summed E-state index contributed by atoms with van der Waals surface area (Å²) in [6.45, 7) is 8.17. The number of hydrogen-bond donors (Lipinski definition) is 2. The molecule has 4 aliphatic heterocycles. The number of hydrogen-bond acceptors (Lipinski definition) is 7. The lowest BCUT2D eigenvalue weighted by Crippen LogP contribution is -2.53. The van der Waals surface area contributed by atoms with Gasteiger partial charge in [-0.3, -0.25) is 24.8 Å². The van der Waals surface area contributed by atoms with E-state index < -0.39 is 0 Å². The molecule has 258 valence electrons. The van der Waals surface area contributed by atoms with E-state index in [0.717, 1.165) is 75.7 Å². The zero-order chi connectivity index (χ0) is 34.0. The fourth-order valence-electron chi connectivity index (χ4n) is 8.36. The van der Waals surface area contributed by atoms with Crippen LogP contribution in [0, 0.1) is 0 Å². The molecule has 2 atom stereocenters. The van der Waals surface area contributed by atoms with Crippen molar-refractivity contribution in [1.82, 2.24) is 15.1 Å². The third kappa shape index (κ3) is 6.80. The van der Waals surface area contributed by atoms with E-state index >= 15 is 0 Å². The fourth-order valence-corrected chi connectivity index (χ4v) is 8.36. The molecule has 2 unspecified atom stereocenters. The summed E-state index contributed by atoms with van der Waals surface area (Å²) in [5.41, 5.74) is 6.97. The summed E-state index contributed by atoms with van der Waals surface area (Å²) < 4.78 is 6.17. The number of fused-ring (bicyclic) bond motifs is 1. The van der Waals surface area contributed by atoms with Crippen molar-refractivity contribution in [3.8, 4) is 11.5 Å². The molecule has 4 aliphatic rings. The molecule has 9 nitrogen and oxygen atoms in total. The Balaban J connectivity index is 0.859. The Hall–Kier alpha value is -4.86. The van der Waals surface area contributed by atoms with Gasteiger partial charge in [0.2, 0.25) is 5.91 Å². The van der Waals surface area contributed by atoms with Crippen molar-refractivity contribution < 1.29 is 19.4 Å². The Morgan fingerprint density at radius 2 is 1.52 bits per heavy atom. The van der Waals surface area contributed by atoms with Crippen LogP contribution in [0.2, 0.25) is 0 Å². The van der Waals surface area contributed by atoms with Gasteiger partial charge in [0.1, 0.15) is 11.5 Å². The Bertz CT molecular complexity index is 1820. The van der Waals surface area contributed by atoms with E-state index in [9.17, 15) is 14.7 Å². The molecule has 0 spiro atoms. The second-order valence-corrected chi connectivity index (χ2v) is 14.1. The molecule has 0 aromatic heterocycles. The average Bonchev–Trinajstić information content (AvgIpc) is 3.15. The molecule has 4 heterocycles. The van der Waals surface area contributed by atoms with Gasteiger partial charge in [0.05, 0.1) is 6.61 Å². The number of imide groups is 1. The Morgan fingerprint density at radius 1 is 0.740 bits per heavy atom. The van der Waals surface area contributed by atoms with Gasteiger partial charge >= 0.3 is 6.03 Å². The van der Waals surface area contributed by atoms with Crippen molar-refractivity contribution in [2.75, 3.05) is 62.2 Å². The predicted molar refractivity (Wildman–Crippen MR) is 195 cm³/mol. The molecule has 0 saturated carbocycles. The molecule has 50 heavy (non-hydrogen) atoms. The van der Waals surface area contributed by atoms with Crippen molar-refractivity contribution in [2.45, 2.75) is 43.7 Å². The first kappa shape index (κ1) is 32.4. The number of amides is 3. The summed E-state index contributed by atoms with van der Waals surface area (Å²) in [7, 11) is 0. The highest BCUT2D eigenvalue weighted by molar-refractivity contribution is 6.05. The summed E-state index contributed by atoms with van der Waals surface area (Å²) in [6, 6.07) is 33.7. The highest BCUT2D eigenvalue weighted by Crippen LogP contribution is 2.47. The third-order valence-electron chi connectivity index (χ3n) is 11.1. The lowest BCUT2D eigenvalue weighted by molar-refractivity contribution is -0.120. The quantitative estimate of drug-likeness (QED) is 0.252. The smallest absolute Gasteiger partial charge is 0.328 e. The van der Waals surface area contributed by atoms with Crippen LogP contribution in [0.25, 0.3) is 0 Å². The van der Waals surface area contributed by atoms with Gasteiger partial charge in [-0.25, -0.2) is 4.79 Å². The van der Waals surface area contributed by atoms with Crippen LogP contribution in [0.3, 0.4) is 0 Å². The third-order valence-corrected chi connectivity index (χ3v) is 11.1. The van der Waals surface area contributed by atoms with Crippen LogP contribution in [0.15, 0.2) is 97.1 Å². The van der Waals surface area contributed by atoms with Crippen molar-refractivity contribution in [3.05, 3.63) is 119 Å². The van der Waals surface area contributed by atoms with Crippen LogP contribution in [0.5, 0.6) is 11.5 Å². The lowest BCUT2D eigenvalue weighted by atomic mass is 9.76. The summed E-state index contributed by atoms with van der Waals surface area (Å²) in [5.74, 6) is 1.13. The second-order valence-electron chi connectivity index (χ2n) is 14.1. The first-order chi connectivity index (χ1) is 24.5. The van der Waals surface area contributed by atoms with Gasteiger partial charge in [-0.15, -0.1) is 0 Å². The van der Waals surface area contributed by atoms with Crippen LogP contribution in [-0.4, -0.2) is 85.3 Å². The van der Waals surface area contributed by atoms with Crippen LogP contribution in [0.4, 0.5) is 16.2 Å². The van der Waals surface area contributed by atoms with E-state index in [1.54, 1.807) is 17.0 Å². The van der Waals surface area contributed by atoms with E-state index in [1.807, 2.05) is 18.2 Å². The van der Waals surface area contributed by atoms with E-state index in [1.165, 1.54) is 22.4 Å². The predicted octanol–water partition coefficient (Wildman–Crippen LogP) is 5.93. The van der Waals surface area contributed by atoms with E-state index in [4.69, 9.17) is 4.74 Å². The van der Waals surface area contributed by atoms with Gasteiger partial charge in [-0.1, -0.05) is 60.7 Å². The van der Waals surface area contributed by atoms with Crippen LogP contribution >= 0.6 is 0 Å². The second kappa shape index (κ2) is 14.2. The number of benzene rings is 4. The number of carbonyl (C=O) groups excluding carboxylic acids is 2. The Morgan fingerprint density at radius 3 is 2.28 bits per heavy atom. The van der Waals surface area contributed by atoms with E-state index in [-0.39, 0.29) is 29.5 Å². The van der Waals surface area contributed by atoms with Gasteiger partial charge in [-0.05, 0) is 59.9 Å². The number of phenolic OH excluding ortho intramolecular Hbond substituents is 1. The number of piperazine rings is 1. The van der Waals surface area contributed by atoms with E-state index in [2.05, 4.69) is 86.7 Å². The van der Waals surface area contributed by atoms with Crippen molar-refractivity contribution in [3.63, 3.8) is 0 Å². The number of piperidine rings is 1. The number of nitrogens with zero attached hydrogens (tertiary/aromatic N) is 4. The number of anilines is 2. The molecule has 3 amide bonds. The minimum Gasteiger partial charge on any atom is -0.508 e. The molecular weight excluding hydrogens is 626 g/mol. The summed E-state index contributed by atoms with van der Waals surface area (Å²) >= 11 is 0. The summed E-state index contributed by atoms with van der Waals surface area (Å²) in [6.07, 6.45) is 2.66. The number of rotatable bonds is 7. The minimum absolute atomic E-state index is 0.146. The van der Waals surface area contributed by atoms with Gasteiger partial charge in [-0.2, -0.15) is 0 Å². The van der Waals surface area contributed by atoms with Gasteiger partial charge in [0, 0.05) is 99.7 Å². The fraction of sp³-hybridized carbons (Fsp3) is 0.366. The topological polar surface area (TPSA) is 88.6 Å². The summed E-state index contributed by atoms with van der Waals surface area (Å²) in [4.78, 5) is 33.3. The van der Waals surface area contributed by atoms with Crippen LogP contribution < -0.4 is 19.9 Å². The SMILES string of the molecule is O=C1CCN(c2cccc(CN3CCN(C4CCN(c5ccc(C6c7ccc(O)cc7OCC6c6ccccc6)cc5)CC4)CC3)c2)C(=O)N1. The molecule has 2 N–H and O–H groups in total. The lowest BCUT2D eigenvalue weighted by Gasteiger charge is -2.43. The maximum absolute atomic E-state index is 12.3. The maximum atomic E-state index is 12.3. The molecule has 4 aromatic carbocycles. The number of carbonyl (C=O) groups is 2. The maximum Gasteiger partial charge on any atom is 0.328 e. The molecule has 3 fully saturated rings. The van der Waals surface area contributed by atoms with Gasteiger partial charge in [0.15, 0.2) is 0 Å². The van der Waals surface area contributed by atoms with E-state index in [0.29, 0.717) is 25.6 Å². The zero-order valence-corrected chi connectivity index (χ0v) is 28.4. The molecule has 0 aliphatic carbocycles. The molecule has 8 rings (SSSR count). The normalized spacial score (nSPS) is 22.2. The Labute approximate surface area is 294 Å². The number of ether oxygens (including phenoxy) is 1.